The maximum Gasteiger partial charge on any atom is 0.265 e. The van der Waals surface area contributed by atoms with Crippen molar-refractivity contribution in [3.8, 4) is 22.8 Å². The number of carbonyl (C=O) groups excluding carboxylic acids is 2. The van der Waals surface area contributed by atoms with Gasteiger partial charge in [0.15, 0.2) is 18.3 Å². The van der Waals surface area contributed by atoms with Gasteiger partial charge < -0.3 is 14.4 Å². The van der Waals surface area contributed by atoms with Gasteiger partial charge in [-0.15, -0.1) is 17.9 Å². The molecule has 158 valence electrons. The second-order valence-electron chi connectivity index (χ2n) is 6.84. The standard InChI is InChI=1S/C23H21N3O4S/c1-3-11-26-18-12-16(9-10-19(18)30-14-21(26)28)22-15(2)31-23(25-22)24-20(27)13-29-17-7-5-4-6-8-17/h3-10,12H,1,11,13-14H2,2H3,(H,24,25,27). The van der Waals surface area contributed by atoms with Gasteiger partial charge in [-0.2, -0.15) is 0 Å². The van der Waals surface area contributed by atoms with Crippen LogP contribution in [0.3, 0.4) is 0 Å². The summed E-state index contributed by atoms with van der Waals surface area (Å²) in [4.78, 5) is 31.6. The van der Waals surface area contributed by atoms with Gasteiger partial charge in [-0.3, -0.25) is 14.9 Å². The Labute approximate surface area is 183 Å². The molecule has 0 saturated carbocycles. The minimum Gasteiger partial charge on any atom is -0.484 e. The molecule has 4 rings (SSSR count). The highest BCUT2D eigenvalue weighted by atomic mass is 32.1. The lowest BCUT2D eigenvalue weighted by Crippen LogP contribution is -2.38. The van der Waals surface area contributed by atoms with Crippen molar-refractivity contribution in [2.24, 2.45) is 0 Å². The third-order valence-electron chi connectivity index (χ3n) is 4.64. The van der Waals surface area contributed by atoms with E-state index in [1.54, 1.807) is 23.1 Å². The molecule has 0 spiro atoms. The van der Waals surface area contributed by atoms with Crippen molar-refractivity contribution in [2.75, 3.05) is 30.0 Å². The minimum absolute atomic E-state index is 0.0111. The van der Waals surface area contributed by atoms with Crippen LogP contribution in [0.4, 0.5) is 10.8 Å². The fourth-order valence-electron chi connectivity index (χ4n) is 3.22. The summed E-state index contributed by atoms with van der Waals surface area (Å²) in [6.45, 7) is 5.97. The molecule has 2 heterocycles. The molecular formula is C23H21N3O4S. The SMILES string of the molecule is C=CCN1C(=O)COc2ccc(-c3nc(NC(=O)COc4ccccc4)sc3C)cc21. The third kappa shape index (κ3) is 4.59. The fourth-order valence-corrected chi connectivity index (χ4v) is 4.07. The van der Waals surface area contributed by atoms with Gasteiger partial charge in [-0.05, 0) is 37.3 Å². The molecule has 1 aliphatic rings. The van der Waals surface area contributed by atoms with Crippen molar-refractivity contribution in [3.63, 3.8) is 0 Å². The van der Waals surface area contributed by atoms with Gasteiger partial charge in [0, 0.05) is 17.0 Å². The number of aromatic nitrogens is 1. The summed E-state index contributed by atoms with van der Waals surface area (Å²) >= 11 is 1.38. The number of amides is 2. The zero-order valence-electron chi connectivity index (χ0n) is 17.0. The van der Waals surface area contributed by atoms with Crippen LogP contribution in [0.25, 0.3) is 11.3 Å². The summed E-state index contributed by atoms with van der Waals surface area (Å²) < 4.78 is 11.0. The van der Waals surface area contributed by atoms with Crippen LogP contribution >= 0.6 is 11.3 Å². The predicted molar refractivity (Wildman–Crippen MR) is 121 cm³/mol. The highest BCUT2D eigenvalue weighted by Crippen LogP contribution is 2.38. The summed E-state index contributed by atoms with van der Waals surface area (Å²) in [6, 6.07) is 14.8. The van der Waals surface area contributed by atoms with Gasteiger partial charge in [0.2, 0.25) is 0 Å². The molecule has 31 heavy (non-hydrogen) atoms. The molecule has 0 bridgehead atoms. The molecule has 7 nitrogen and oxygen atoms in total. The first-order valence-electron chi connectivity index (χ1n) is 9.69. The number of nitrogens with one attached hydrogen (secondary N) is 1. The molecule has 0 radical (unpaired) electrons. The summed E-state index contributed by atoms with van der Waals surface area (Å²) in [7, 11) is 0. The molecule has 3 aromatic rings. The number of nitrogens with zero attached hydrogens (tertiary/aromatic N) is 2. The molecule has 0 unspecified atom stereocenters. The van der Waals surface area contributed by atoms with Crippen LogP contribution in [0.2, 0.25) is 0 Å². The van der Waals surface area contributed by atoms with Gasteiger partial charge >= 0.3 is 0 Å². The van der Waals surface area contributed by atoms with E-state index >= 15 is 0 Å². The van der Waals surface area contributed by atoms with Crippen molar-refractivity contribution in [2.45, 2.75) is 6.92 Å². The molecule has 0 saturated heterocycles. The Morgan fingerprint density at radius 3 is 2.90 bits per heavy atom. The largest absolute Gasteiger partial charge is 0.484 e. The number of carbonyl (C=O) groups is 2. The summed E-state index contributed by atoms with van der Waals surface area (Å²) in [5.41, 5.74) is 2.26. The van der Waals surface area contributed by atoms with Crippen LogP contribution in [0.5, 0.6) is 11.5 Å². The van der Waals surface area contributed by atoms with Gasteiger partial charge in [0.25, 0.3) is 11.8 Å². The van der Waals surface area contributed by atoms with Gasteiger partial charge in [0.05, 0.1) is 11.4 Å². The molecule has 1 N–H and O–H groups in total. The van der Waals surface area contributed by atoms with E-state index in [-0.39, 0.29) is 25.0 Å². The predicted octanol–water partition coefficient (Wildman–Crippen LogP) is 4.05. The number of hydrogen-bond donors (Lipinski definition) is 1. The Balaban J connectivity index is 1.50. The summed E-state index contributed by atoms with van der Waals surface area (Å²) in [5.74, 6) is 0.866. The lowest BCUT2D eigenvalue weighted by molar-refractivity contribution is -0.121. The van der Waals surface area contributed by atoms with Crippen molar-refractivity contribution in [3.05, 3.63) is 66.1 Å². The average molecular weight is 436 g/mol. The van der Waals surface area contributed by atoms with Crippen LogP contribution < -0.4 is 19.7 Å². The number of benzene rings is 2. The van der Waals surface area contributed by atoms with Crippen LogP contribution in [0.15, 0.2) is 61.2 Å². The highest BCUT2D eigenvalue weighted by molar-refractivity contribution is 7.16. The van der Waals surface area contributed by atoms with E-state index in [2.05, 4.69) is 16.9 Å². The minimum atomic E-state index is -0.286. The molecule has 1 aliphatic heterocycles. The van der Waals surface area contributed by atoms with Gasteiger partial charge in [0.1, 0.15) is 11.5 Å². The number of aryl methyl sites for hydroxylation is 1. The van der Waals surface area contributed by atoms with Gasteiger partial charge in [-0.25, -0.2) is 4.98 Å². The average Bonchev–Trinajstić information content (AvgIpc) is 3.14. The number of fused-ring (bicyclic) bond motifs is 1. The van der Waals surface area contributed by atoms with E-state index in [9.17, 15) is 9.59 Å². The maximum atomic E-state index is 12.2. The molecule has 0 aliphatic carbocycles. The van der Waals surface area contributed by atoms with Crippen molar-refractivity contribution in [1.29, 1.82) is 0 Å². The molecule has 1 aromatic heterocycles. The zero-order chi connectivity index (χ0) is 21.8. The Bertz CT molecular complexity index is 1130. The fraction of sp³-hybridized carbons (Fsp3) is 0.174. The first-order valence-corrected chi connectivity index (χ1v) is 10.5. The molecule has 2 aromatic carbocycles. The number of para-hydroxylation sites is 1. The molecule has 0 fully saturated rings. The second-order valence-corrected chi connectivity index (χ2v) is 8.04. The van der Waals surface area contributed by atoms with Crippen LogP contribution in [0.1, 0.15) is 4.88 Å². The van der Waals surface area contributed by atoms with E-state index in [0.29, 0.717) is 28.9 Å². The third-order valence-corrected chi connectivity index (χ3v) is 5.53. The lowest BCUT2D eigenvalue weighted by atomic mass is 10.1. The Morgan fingerprint density at radius 2 is 2.13 bits per heavy atom. The smallest absolute Gasteiger partial charge is 0.265 e. The maximum absolute atomic E-state index is 12.2. The monoisotopic (exact) mass is 435 g/mol. The quantitative estimate of drug-likeness (QED) is 0.567. The van der Waals surface area contributed by atoms with Crippen molar-refractivity contribution >= 4 is 34.0 Å². The van der Waals surface area contributed by atoms with E-state index in [1.807, 2.05) is 43.3 Å². The summed E-state index contributed by atoms with van der Waals surface area (Å²) in [6.07, 6.45) is 1.68. The van der Waals surface area contributed by atoms with Crippen LogP contribution in [-0.2, 0) is 9.59 Å². The molecule has 0 atom stereocenters. The number of hydrogen-bond acceptors (Lipinski definition) is 6. The normalized spacial score (nSPS) is 12.7. The zero-order valence-corrected chi connectivity index (χ0v) is 17.8. The van der Waals surface area contributed by atoms with Crippen LogP contribution in [-0.4, -0.2) is 36.6 Å². The number of ether oxygens (including phenoxy) is 2. The molecule has 2 amide bonds. The van der Waals surface area contributed by atoms with Crippen molar-refractivity contribution < 1.29 is 19.1 Å². The van der Waals surface area contributed by atoms with Gasteiger partial charge in [-0.1, -0.05) is 24.3 Å². The number of thiazole rings is 1. The number of rotatable bonds is 7. The summed E-state index contributed by atoms with van der Waals surface area (Å²) in [5, 5.41) is 3.27. The van der Waals surface area contributed by atoms with Crippen LogP contribution in [0, 0.1) is 6.92 Å². The van der Waals surface area contributed by atoms with E-state index in [1.165, 1.54) is 11.3 Å². The van der Waals surface area contributed by atoms with E-state index in [0.717, 1.165) is 16.1 Å². The van der Waals surface area contributed by atoms with E-state index in [4.69, 9.17) is 9.47 Å². The Morgan fingerprint density at radius 1 is 1.32 bits per heavy atom. The lowest BCUT2D eigenvalue weighted by Gasteiger charge is -2.28. The second kappa shape index (κ2) is 9.01. The molecule has 8 heteroatoms. The first kappa shape index (κ1) is 20.6. The topological polar surface area (TPSA) is 80.8 Å². The Hall–Kier alpha value is -3.65. The first-order chi connectivity index (χ1) is 15.0. The number of anilines is 2. The molecular weight excluding hydrogens is 414 g/mol. The highest BCUT2D eigenvalue weighted by Gasteiger charge is 2.25. The van der Waals surface area contributed by atoms with E-state index < -0.39 is 0 Å². The Kier molecular flexibility index (Phi) is 5.99. The van der Waals surface area contributed by atoms with Crippen molar-refractivity contribution in [1.82, 2.24) is 4.98 Å².